The number of pyridine rings is 1. The smallest absolute Gasteiger partial charge is 0.260 e. The van der Waals surface area contributed by atoms with Crippen LogP contribution in [0.25, 0.3) is 0 Å². The highest BCUT2D eigenvalue weighted by Crippen LogP contribution is 2.17. The number of rotatable bonds is 4. The van der Waals surface area contributed by atoms with E-state index in [0.29, 0.717) is 11.4 Å². The molecule has 110 valence electrons. The molecule has 1 aliphatic heterocycles. The molecule has 0 saturated carbocycles. The van der Waals surface area contributed by atoms with Crippen molar-refractivity contribution in [1.29, 1.82) is 0 Å². The van der Waals surface area contributed by atoms with Crippen LogP contribution in [0.1, 0.15) is 11.4 Å². The summed E-state index contributed by atoms with van der Waals surface area (Å²) in [5.41, 5.74) is 1.28. The van der Waals surface area contributed by atoms with E-state index in [2.05, 4.69) is 9.88 Å². The summed E-state index contributed by atoms with van der Waals surface area (Å²) in [7, 11) is 2.05. The van der Waals surface area contributed by atoms with Gasteiger partial charge in [-0.2, -0.15) is 0 Å². The van der Waals surface area contributed by atoms with Crippen molar-refractivity contribution in [3.63, 3.8) is 0 Å². The van der Waals surface area contributed by atoms with E-state index >= 15 is 0 Å². The molecule has 2 rings (SSSR count). The van der Waals surface area contributed by atoms with Gasteiger partial charge in [0.2, 0.25) is 0 Å². The number of aromatic nitrogens is 1. The fourth-order valence-electron chi connectivity index (χ4n) is 2.13. The molecular weight excluding hydrogens is 258 g/mol. The van der Waals surface area contributed by atoms with Gasteiger partial charge in [0.05, 0.1) is 6.61 Å². The molecule has 0 unspecified atom stereocenters. The van der Waals surface area contributed by atoms with Crippen LogP contribution in [0.3, 0.4) is 0 Å². The van der Waals surface area contributed by atoms with Crippen LogP contribution in [0.2, 0.25) is 0 Å². The van der Waals surface area contributed by atoms with Gasteiger partial charge in [0.25, 0.3) is 5.91 Å². The van der Waals surface area contributed by atoms with Gasteiger partial charge in [-0.3, -0.25) is 9.78 Å². The molecule has 0 radical (unpaired) electrons. The molecule has 0 spiro atoms. The second kappa shape index (κ2) is 6.67. The SMILES string of the molecule is Cc1ccc(OCC(=O)N2CCN(C)CC2)c(CO)n1. The lowest BCUT2D eigenvalue weighted by Gasteiger charge is -2.32. The summed E-state index contributed by atoms with van der Waals surface area (Å²) in [6.07, 6.45) is 0. The summed E-state index contributed by atoms with van der Waals surface area (Å²) in [4.78, 5) is 20.2. The highest BCUT2D eigenvalue weighted by molar-refractivity contribution is 5.77. The quantitative estimate of drug-likeness (QED) is 0.842. The van der Waals surface area contributed by atoms with E-state index in [4.69, 9.17) is 4.74 Å². The zero-order valence-electron chi connectivity index (χ0n) is 12.0. The summed E-state index contributed by atoms with van der Waals surface area (Å²) < 4.78 is 5.50. The number of nitrogens with zero attached hydrogens (tertiary/aromatic N) is 3. The van der Waals surface area contributed by atoms with E-state index in [1.54, 1.807) is 17.0 Å². The number of likely N-dealkylation sites (N-methyl/N-ethyl adjacent to an activating group) is 1. The Hall–Kier alpha value is -1.66. The number of amides is 1. The normalized spacial score (nSPS) is 16.2. The number of carbonyl (C=O) groups excluding carboxylic acids is 1. The molecule has 1 fully saturated rings. The Labute approximate surface area is 119 Å². The van der Waals surface area contributed by atoms with Crippen molar-refractivity contribution in [2.24, 2.45) is 0 Å². The number of aliphatic hydroxyl groups excluding tert-OH is 1. The van der Waals surface area contributed by atoms with Crippen LogP contribution in [0.5, 0.6) is 5.75 Å². The lowest BCUT2D eigenvalue weighted by Crippen LogP contribution is -2.48. The molecule has 6 heteroatoms. The first-order valence-electron chi connectivity index (χ1n) is 6.76. The highest BCUT2D eigenvalue weighted by atomic mass is 16.5. The highest BCUT2D eigenvalue weighted by Gasteiger charge is 2.19. The van der Waals surface area contributed by atoms with Crippen molar-refractivity contribution in [3.05, 3.63) is 23.5 Å². The first-order valence-corrected chi connectivity index (χ1v) is 6.76. The molecule has 20 heavy (non-hydrogen) atoms. The Bertz CT molecular complexity index is 471. The molecule has 1 N–H and O–H groups in total. The van der Waals surface area contributed by atoms with Gasteiger partial charge in [0, 0.05) is 31.9 Å². The number of carbonyl (C=O) groups is 1. The molecule has 0 aromatic carbocycles. The summed E-state index contributed by atoms with van der Waals surface area (Å²) >= 11 is 0. The predicted octanol–water partition coefficient (Wildman–Crippen LogP) is 0.0351. The molecule has 2 heterocycles. The minimum atomic E-state index is -0.195. The van der Waals surface area contributed by atoms with Crippen LogP contribution in [0.15, 0.2) is 12.1 Å². The second-order valence-electron chi connectivity index (χ2n) is 5.03. The maximum Gasteiger partial charge on any atom is 0.260 e. The zero-order valence-corrected chi connectivity index (χ0v) is 12.0. The van der Waals surface area contributed by atoms with Crippen LogP contribution < -0.4 is 4.74 Å². The van der Waals surface area contributed by atoms with Crippen molar-refractivity contribution in [1.82, 2.24) is 14.8 Å². The lowest BCUT2D eigenvalue weighted by molar-refractivity contribution is -0.134. The van der Waals surface area contributed by atoms with Gasteiger partial charge in [0.1, 0.15) is 11.4 Å². The van der Waals surface area contributed by atoms with E-state index in [9.17, 15) is 9.90 Å². The third-order valence-electron chi connectivity index (χ3n) is 3.43. The first kappa shape index (κ1) is 14.7. The molecule has 1 saturated heterocycles. The minimum absolute atomic E-state index is 0.0124. The summed E-state index contributed by atoms with van der Waals surface area (Å²) in [5.74, 6) is 0.447. The summed E-state index contributed by atoms with van der Waals surface area (Å²) in [6, 6.07) is 3.54. The topological polar surface area (TPSA) is 65.9 Å². The van der Waals surface area contributed by atoms with E-state index in [1.165, 1.54) is 0 Å². The molecule has 1 aromatic rings. The molecule has 0 aliphatic carbocycles. The van der Waals surface area contributed by atoms with Gasteiger partial charge in [0.15, 0.2) is 6.61 Å². The average Bonchev–Trinajstić information content (AvgIpc) is 2.46. The minimum Gasteiger partial charge on any atom is -0.482 e. The van der Waals surface area contributed by atoms with Crippen molar-refractivity contribution in [3.8, 4) is 5.75 Å². The third-order valence-corrected chi connectivity index (χ3v) is 3.43. The summed E-state index contributed by atoms with van der Waals surface area (Å²) in [5, 5.41) is 9.24. The molecule has 1 aromatic heterocycles. The Morgan fingerprint density at radius 3 is 2.70 bits per heavy atom. The average molecular weight is 279 g/mol. The fraction of sp³-hybridized carbons (Fsp3) is 0.571. The monoisotopic (exact) mass is 279 g/mol. The van der Waals surface area contributed by atoms with Gasteiger partial charge >= 0.3 is 0 Å². The Morgan fingerprint density at radius 1 is 1.35 bits per heavy atom. The standard InChI is InChI=1S/C14H21N3O3/c1-11-3-4-13(12(9-18)15-11)20-10-14(19)17-7-5-16(2)6-8-17/h3-4,18H,5-10H2,1-2H3. The van der Waals surface area contributed by atoms with E-state index < -0.39 is 0 Å². The zero-order chi connectivity index (χ0) is 14.5. The Balaban J connectivity index is 1.90. The van der Waals surface area contributed by atoms with Crippen molar-refractivity contribution >= 4 is 5.91 Å². The van der Waals surface area contributed by atoms with E-state index in [1.807, 2.05) is 14.0 Å². The number of aliphatic hydroxyl groups is 1. The maximum absolute atomic E-state index is 12.0. The van der Waals surface area contributed by atoms with Gasteiger partial charge in [-0.1, -0.05) is 0 Å². The Morgan fingerprint density at radius 2 is 2.05 bits per heavy atom. The maximum atomic E-state index is 12.0. The van der Waals surface area contributed by atoms with Crippen LogP contribution in [0, 0.1) is 6.92 Å². The first-order chi connectivity index (χ1) is 9.60. The molecule has 6 nitrogen and oxygen atoms in total. The second-order valence-corrected chi connectivity index (χ2v) is 5.03. The number of aryl methyl sites for hydroxylation is 1. The number of hydrogen-bond donors (Lipinski definition) is 1. The molecular formula is C14H21N3O3. The van der Waals surface area contributed by atoms with Crippen molar-refractivity contribution in [2.45, 2.75) is 13.5 Å². The Kier molecular flexibility index (Phi) is 4.92. The number of ether oxygens (including phenoxy) is 1. The number of hydrogen-bond acceptors (Lipinski definition) is 5. The summed E-state index contributed by atoms with van der Waals surface area (Å²) in [6.45, 7) is 4.88. The van der Waals surface area contributed by atoms with Gasteiger partial charge in [-0.25, -0.2) is 0 Å². The predicted molar refractivity (Wildman–Crippen MR) is 74.5 cm³/mol. The van der Waals surface area contributed by atoms with Crippen molar-refractivity contribution < 1.29 is 14.6 Å². The molecule has 1 aliphatic rings. The van der Waals surface area contributed by atoms with Crippen LogP contribution in [0.4, 0.5) is 0 Å². The molecule has 0 bridgehead atoms. The van der Waals surface area contributed by atoms with Gasteiger partial charge in [-0.05, 0) is 26.1 Å². The van der Waals surface area contributed by atoms with Crippen LogP contribution in [-0.2, 0) is 11.4 Å². The fourth-order valence-corrected chi connectivity index (χ4v) is 2.13. The largest absolute Gasteiger partial charge is 0.482 e. The molecule has 1 amide bonds. The third kappa shape index (κ3) is 3.68. The van der Waals surface area contributed by atoms with Crippen LogP contribution >= 0.6 is 0 Å². The van der Waals surface area contributed by atoms with Crippen molar-refractivity contribution in [2.75, 3.05) is 39.8 Å². The van der Waals surface area contributed by atoms with Crippen LogP contribution in [-0.4, -0.2) is 65.6 Å². The lowest BCUT2D eigenvalue weighted by atomic mass is 10.3. The van der Waals surface area contributed by atoms with E-state index in [-0.39, 0.29) is 19.1 Å². The van der Waals surface area contributed by atoms with E-state index in [0.717, 1.165) is 31.9 Å². The van der Waals surface area contributed by atoms with Gasteiger partial charge in [-0.15, -0.1) is 0 Å². The van der Waals surface area contributed by atoms with Gasteiger partial charge < -0.3 is 19.6 Å². The number of piperazine rings is 1. The molecule has 0 atom stereocenters.